The highest BCUT2D eigenvalue weighted by atomic mass is 16.5. The monoisotopic (exact) mass is 278 g/mol. The van der Waals surface area contributed by atoms with Gasteiger partial charge in [-0.3, -0.25) is 0 Å². The fourth-order valence-electron chi connectivity index (χ4n) is 1.88. The lowest BCUT2D eigenvalue weighted by Gasteiger charge is -2.13. The fourth-order valence-corrected chi connectivity index (χ4v) is 1.88. The number of methoxy groups -OCH3 is 1. The molecule has 5 heteroatoms. The highest BCUT2D eigenvalue weighted by Gasteiger charge is 2.01. The minimum atomic E-state index is 0.159. The second kappa shape index (κ2) is 8.55. The first-order chi connectivity index (χ1) is 9.51. The van der Waals surface area contributed by atoms with E-state index in [0.29, 0.717) is 19.1 Å². The van der Waals surface area contributed by atoms with E-state index in [9.17, 15) is 0 Å². The Labute approximate surface area is 121 Å². The van der Waals surface area contributed by atoms with Crippen LogP contribution in [-0.2, 0) is 17.8 Å². The van der Waals surface area contributed by atoms with Crippen LogP contribution in [0.5, 0.6) is 0 Å². The molecule has 0 radical (unpaired) electrons. The average molecular weight is 278 g/mol. The topological polar surface area (TPSA) is 62.9 Å². The molecule has 0 saturated carbocycles. The van der Waals surface area contributed by atoms with Crippen LogP contribution in [0, 0.1) is 0 Å². The van der Waals surface area contributed by atoms with Crippen LogP contribution in [0.3, 0.4) is 0 Å². The van der Waals surface area contributed by atoms with Crippen molar-refractivity contribution in [3.05, 3.63) is 35.4 Å². The molecule has 0 fully saturated rings. The Kier molecular flexibility index (Phi) is 7.04. The van der Waals surface area contributed by atoms with Crippen molar-refractivity contribution in [1.82, 2.24) is 10.2 Å². The normalized spacial score (nSPS) is 13.6. The molecular weight excluding hydrogens is 252 g/mol. The summed E-state index contributed by atoms with van der Waals surface area (Å²) in [5.41, 5.74) is 8.27. The van der Waals surface area contributed by atoms with Crippen molar-refractivity contribution in [3.63, 3.8) is 0 Å². The van der Waals surface area contributed by atoms with E-state index in [0.717, 1.165) is 12.1 Å². The van der Waals surface area contributed by atoms with Crippen molar-refractivity contribution < 1.29 is 4.74 Å². The van der Waals surface area contributed by atoms with Gasteiger partial charge in [0.15, 0.2) is 5.96 Å². The summed E-state index contributed by atoms with van der Waals surface area (Å²) in [6.07, 6.45) is 0. The zero-order valence-electron chi connectivity index (χ0n) is 12.9. The molecule has 5 nitrogen and oxygen atoms in total. The number of aliphatic imine (C=N–C) groups is 1. The number of benzene rings is 1. The molecule has 3 N–H and O–H groups in total. The maximum absolute atomic E-state index is 5.83. The van der Waals surface area contributed by atoms with Gasteiger partial charge in [-0.25, -0.2) is 4.99 Å². The molecule has 0 bridgehead atoms. The number of nitrogens with one attached hydrogen (secondary N) is 1. The molecule has 20 heavy (non-hydrogen) atoms. The molecular formula is C15H26N4O. The number of nitrogens with two attached hydrogens (primary N) is 1. The molecule has 0 amide bonds. The van der Waals surface area contributed by atoms with Crippen molar-refractivity contribution in [1.29, 1.82) is 0 Å². The Hall–Kier alpha value is -1.59. The molecule has 1 atom stereocenters. The Bertz CT molecular complexity index is 414. The summed E-state index contributed by atoms with van der Waals surface area (Å²) in [7, 11) is 5.79. The van der Waals surface area contributed by atoms with Crippen molar-refractivity contribution in [2.24, 2.45) is 10.7 Å². The van der Waals surface area contributed by atoms with E-state index in [1.54, 1.807) is 7.11 Å². The predicted octanol–water partition coefficient (Wildman–Crippen LogP) is 1.19. The lowest BCUT2D eigenvalue weighted by Crippen LogP contribution is -2.40. The van der Waals surface area contributed by atoms with Gasteiger partial charge < -0.3 is 20.7 Å². The molecule has 0 aliphatic rings. The van der Waals surface area contributed by atoms with E-state index < -0.39 is 0 Å². The van der Waals surface area contributed by atoms with Gasteiger partial charge in [0.05, 0.1) is 13.2 Å². The third-order valence-electron chi connectivity index (χ3n) is 2.76. The minimum Gasteiger partial charge on any atom is -0.383 e. The van der Waals surface area contributed by atoms with E-state index in [1.165, 1.54) is 5.56 Å². The summed E-state index contributed by atoms with van der Waals surface area (Å²) in [5, 5.41) is 3.08. The van der Waals surface area contributed by atoms with Gasteiger partial charge in [-0.15, -0.1) is 0 Å². The van der Waals surface area contributed by atoms with E-state index >= 15 is 0 Å². The van der Waals surface area contributed by atoms with Gasteiger partial charge in [0.25, 0.3) is 0 Å². The van der Waals surface area contributed by atoms with Gasteiger partial charge in [0, 0.05) is 19.7 Å². The Morgan fingerprint density at radius 2 is 1.90 bits per heavy atom. The summed E-state index contributed by atoms with van der Waals surface area (Å²) >= 11 is 0. The first-order valence-corrected chi connectivity index (χ1v) is 6.79. The molecule has 1 unspecified atom stereocenters. The van der Waals surface area contributed by atoms with Crippen LogP contribution in [0.25, 0.3) is 0 Å². The van der Waals surface area contributed by atoms with E-state index in [-0.39, 0.29) is 6.04 Å². The number of hydrogen-bond donors (Lipinski definition) is 2. The van der Waals surface area contributed by atoms with Gasteiger partial charge in [0.1, 0.15) is 0 Å². The molecule has 0 aliphatic carbocycles. The molecule has 1 rings (SSSR count). The Morgan fingerprint density at radius 3 is 2.45 bits per heavy atom. The SMILES string of the molecule is COCC(C)NC(N)=NCc1ccc(CN(C)C)cc1. The molecule has 0 aliphatic heterocycles. The van der Waals surface area contributed by atoms with Gasteiger partial charge in [-0.2, -0.15) is 0 Å². The minimum absolute atomic E-state index is 0.159. The Balaban J connectivity index is 2.48. The molecule has 0 aromatic heterocycles. The second-order valence-electron chi connectivity index (χ2n) is 5.26. The lowest BCUT2D eigenvalue weighted by molar-refractivity contribution is 0.179. The molecule has 0 heterocycles. The maximum atomic E-state index is 5.83. The van der Waals surface area contributed by atoms with Gasteiger partial charge in [-0.1, -0.05) is 24.3 Å². The summed E-state index contributed by atoms with van der Waals surface area (Å²) < 4.78 is 5.04. The zero-order valence-corrected chi connectivity index (χ0v) is 12.9. The summed E-state index contributed by atoms with van der Waals surface area (Å²) in [6, 6.07) is 8.60. The van der Waals surface area contributed by atoms with Gasteiger partial charge in [-0.05, 0) is 32.1 Å². The quantitative estimate of drug-likeness (QED) is 0.581. The average Bonchev–Trinajstić information content (AvgIpc) is 2.37. The van der Waals surface area contributed by atoms with E-state index in [2.05, 4.69) is 53.6 Å². The van der Waals surface area contributed by atoms with E-state index in [1.807, 2.05) is 6.92 Å². The van der Waals surface area contributed by atoms with Crippen molar-refractivity contribution >= 4 is 5.96 Å². The lowest BCUT2D eigenvalue weighted by atomic mass is 10.1. The predicted molar refractivity (Wildman–Crippen MR) is 83.6 cm³/mol. The molecule has 1 aromatic rings. The number of guanidine groups is 1. The van der Waals surface area contributed by atoms with Crippen LogP contribution in [0.2, 0.25) is 0 Å². The van der Waals surface area contributed by atoms with Crippen LogP contribution >= 0.6 is 0 Å². The van der Waals surface area contributed by atoms with Crippen LogP contribution in [0.15, 0.2) is 29.3 Å². The van der Waals surface area contributed by atoms with Crippen LogP contribution in [0.1, 0.15) is 18.1 Å². The van der Waals surface area contributed by atoms with Gasteiger partial charge in [0.2, 0.25) is 0 Å². The number of nitrogens with zero attached hydrogens (tertiary/aromatic N) is 2. The van der Waals surface area contributed by atoms with Gasteiger partial charge >= 0.3 is 0 Å². The zero-order chi connectivity index (χ0) is 15.0. The summed E-state index contributed by atoms with van der Waals surface area (Å²) in [6.45, 7) is 4.14. The third kappa shape index (κ3) is 6.54. The second-order valence-corrected chi connectivity index (χ2v) is 5.26. The van der Waals surface area contributed by atoms with Crippen LogP contribution in [0.4, 0.5) is 0 Å². The largest absolute Gasteiger partial charge is 0.383 e. The Morgan fingerprint density at radius 1 is 1.30 bits per heavy atom. The smallest absolute Gasteiger partial charge is 0.189 e. The van der Waals surface area contributed by atoms with E-state index in [4.69, 9.17) is 10.5 Å². The third-order valence-corrected chi connectivity index (χ3v) is 2.76. The maximum Gasteiger partial charge on any atom is 0.189 e. The summed E-state index contributed by atoms with van der Waals surface area (Å²) in [4.78, 5) is 6.47. The van der Waals surface area contributed by atoms with Crippen molar-refractivity contribution in [2.75, 3.05) is 27.8 Å². The molecule has 0 saturated heterocycles. The highest BCUT2D eigenvalue weighted by Crippen LogP contribution is 2.07. The van der Waals surface area contributed by atoms with Crippen LogP contribution < -0.4 is 11.1 Å². The number of ether oxygens (including phenoxy) is 1. The van der Waals surface area contributed by atoms with Crippen LogP contribution in [-0.4, -0.2) is 44.7 Å². The standard InChI is InChI=1S/C15H26N4O/c1-12(11-20-4)18-15(16)17-9-13-5-7-14(8-6-13)10-19(2)3/h5-8,12H,9-11H2,1-4H3,(H3,16,17,18). The van der Waals surface area contributed by atoms with Crippen molar-refractivity contribution in [2.45, 2.75) is 26.1 Å². The number of rotatable bonds is 7. The summed E-state index contributed by atoms with van der Waals surface area (Å²) in [5.74, 6) is 0.451. The fraction of sp³-hybridized carbons (Fsp3) is 0.533. The molecule has 112 valence electrons. The molecule has 0 spiro atoms. The van der Waals surface area contributed by atoms with Crippen molar-refractivity contribution in [3.8, 4) is 0 Å². The number of hydrogen-bond acceptors (Lipinski definition) is 3. The highest BCUT2D eigenvalue weighted by molar-refractivity contribution is 5.78. The molecule has 1 aromatic carbocycles. The first-order valence-electron chi connectivity index (χ1n) is 6.79. The first kappa shape index (κ1) is 16.5.